The van der Waals surface area contributed by atoms with Gasteiger partial charge < -0.3 is 0 Å². The van der Waals surface area contributed by atoms with E-state index in [1.807, 2.05) is 0 Å². The van der Waals surface area contributed by atoms with Crippen LogP contribution in [0.1, 0.15) is 47.5 Å². The molecule has 0 fully saturated rings. The van der Waals surface area contributed by atoms with Gasteiger partial charge in [0.2, 0.25) is 0 Å². The van der Waals surface area contributed by atoms with E-state index >= 15 is 0 Å². The van der Waals surface area contributed by atoms with Crippen LogP contribution < -0.4 is 0 Å². The van der Waals surface area contributed by atoms with Gasteiger partial charge in [0, 0.05) is 0 Å². The Balaban J connectivity index is 2.29. The van der Waals surface area contributed by atoms with Crippen molar-refractivity contribution >= 4 is 0 Å². The summed E-state index contributed by atoms with van der Waals surface area (Å²) in [7, 11) is 0. The van der Waals surface area contributed by atoms with Gasteiger partial charge in [0.1, 0.15) is 0 Å². The van der Waals surface area contributed by atoms with Crippen LogP contribution >= 0.6 is 0 Å². The molecule has 0 aromatic rings. The third-order valence-electron chi connectivity index (χ3n) is 4.17. The summed E-state index contributed by atoms with van der Waals surface area (Å²) >= 11 is 0. The molecule has 0 aromatic carbocycles. The molecule has 0 heteroatoms. The Kier molecular flexibility index (Phi) is 2.56. The van der Waals surface area contributed by atoms with Crippen LogP contribution in [0.4, 0.5) is 0 Å². The van der Waals surface area contributed by atoms with Crippen molar-refractivity contribution in [2.45, 2.75) is 47.5 Å². The van der Waals surface area contributed by atoms with E-state index < -0.39 is 0 Å². The normalized spacial score (nSPS) is 30.5. The monoisotopic (exact) mass is 204 g/mol. The third kappa shape index (κ3) is 1.79. The summed E-state index contributed by atoms with van der Waals surface area (Å²) in [5.41, 5.74) is 3.88. The highest BCUT2D eigenvalue weighted by Crippen LogP contribution is 2.51. The number of hydrogen-bond donors (Lipinski definition) is 0. The van der Waals surface area contributed by atoms with Gasteiger partial charge >= 0.3 is 0 Å². The molecule has 0 saturated carbocycles. The van der Waals surface area contributed by atoms with Crippen LogP contribution in [0, 0.1) is 23.2 Å². The van der Waals surface area contributed by atoms with Crippen molar-refractivity contribution in [2.24, 2.45) is 23.2 Å². The molecule has 0 bridgehead atoms. The first-order valence-electron chi connectivity index (χ1n) is 6.30. The molecule has 2 atom stereocenters. The van der Waals surface area contributed by atoms with Gasteiger partial charge in [-0.3, -0.25) is 0 Å². The standard InChI is InChI=1S/C15H24/c1-10(2)13-9-14(15(3,4)5)12-8-6-7-11(12)13/h6-7,10,13-14H,8-9H2,1-5H3. The number of hydrogen-bond acceptors (Lipinski definition) is 0. The Hall–Kier alpha value is -0.520. The maximum atomic E-state index is 2.39. The van der Waals surface area contributed by atoms with Crippen molar-refractivity contribution in [3.05, 3.63) is 23.3 Å². The van der Waals surface area contributed by atoms with Gasteiger partial charge in [-0.05, 0) is 41.6 Å². The maximum Gasteiger partial charge on any atom is -0.0127 e. The van der Waals surface area contributed by atoms with Crippen LogP contribution in [-0.2, 0) is 0 Å². The van der Waals surface area contributed by atoms with E-state index in [1.54, 1.807) is 11.1 Å². The molecule has 0 nitrogen and oxygen atoms in total. The first kappa shape index (κ1) is 11.0. The van der Waals surface area contributed by atoms with E-state index in [4.69, 9.17) is 0 Å². The van der Waals surface area contributed by atoms with Crippen LogP contribution in [0.3, 0.4) is 0 Å². The molecule has 0 spiro atoms. The Bertz CT molecular complexity index is 309. The Morgan fingerprint density at radius 3 is 2.47 bits per heavy atom. The van der Waals surface area contributed by atoms with E-state index in [-0.39, 0.29) is 0 Å². The van der Waals surface area contributed by atoms with Crippen molar-refractivity contribution in [2.75, 3.05) is 0 Å². The lowest BCUT2D eigenvalue weighted by atomic mass is 9.75. The van der Waals surface area contributed by atoms with E-state index in [9.17, 15) is 0 Å². The van der Waals surface area contributed by atoms with Crippen LogP contribution in [0.5, 0.6) is 0 Å². The van der Waals surface area contributed by atoms with Gasteiger partial charge in [0.15, 0.2) is 0 Å². The van der Waals surface area contributed by atoms with Crippen LogP contribution in [-0.4, -0.2) is 0 Å². The van der Waals surface area contributed by atoms with Crippen LogP contribution in [0.25, 0.3) is 0 Å². The highest BCUT2D eigenvalue weighted by molar-refractivity contribution is 5.42. The lowest BCUT2D eigenvalue weighted by molar-refractivity contribution is 0.245. The highest BCUT2D eigenvalue weighted by Gasteiger charge is 2.40. The zero-order valence-electron chi connectivity index (χ0n) is 10.8. The Labute approximate surface area is 94.5 Å². The Morgan fingerprint density at radius 2 is 1.93 bits per heavy atom. The predicted molar refractivity (Wildman–Crippen MR) is 66.7 cm³/mol. The molecule has 0 heterocycles. The van der Waals surface area contributed by atoms with Gasteiger partial charge in [-0.15, -0.1) is 0 Å². The average Bonchev–Trinajstić information content (AvgIpc) is 2.57. The molecule has 2 rings (SSSR count). The lowest BCUT2D eigenvalue weighted by Crippen LogP contribution is -2.21. The van der Waals surface area contributed by atoms with E-state index in [0.717, 1.165) is 17.8 Å². The molecule has 0 N–H and O–H groups in total. The molecule has 0 radical (unpaired) electrons. The molecule has 0 saturated heterocycles. The summed E-state index contributed by atoms with van der Waals surface area (Å²) in [5, 5.41) is 0. The van der Waals surface area contributed by atoms with E-state index in [0.29, 0.717) is 5.41 Å². The zero-order valence-corrected chi connectivity index (χ0v) is 10.8. The third-order valence-corrected chi connectivity index (χ3v) is 4.17. The minimum Gasteiger partial charge on any atom is -0.0802 e. The second-order valence-electron chi connectivity index (χ2n) is 6.59. The molecule has 84 valence electrons. The summed E-state index contributed by atoms with van der Waals surface area (Å²) < 4.78 is 0. The topological polar surface area (TPSA) is 0 Å². The molecule has 2 aliphatic rings. The zero-order chi connectivity index (χ0) is 11.2. The van der Waals surface area contributed by atoms with E-state index in [1.165, 1.54) is 12.8 Å². The van der Waals surface area contributed by atoms with Crippen molar-refractivity contribution in [1.29, 1.82) is 0 Å². The molecule has 0 aromatic heterocycles. The van der Waals surface area contributed by atoms with Crippen LogP contribution in [0.2, 0.25) is 0 Å². The molecule has 15 heavy (non-hydrogen) atoms. The van der Waals surface area contributed by atoms with Crippen molar-refractivity contribution in [3.63, 3.8) is 0 Å². The summed E-state index contributed by atoms with van der Waals surface area (Å²) in [6, 6.07) is 0. The second kappa shape index (κ2) is 3.50. The average molecular weight is 204 g/mol. The first-order chi connectivity index (χ1) is 6.91. The fraction of sp³-hybridized carbons (Fsp3) is 0.733. The fourth-order valence-corrected chi connectivity index (χ4v) is 3.27. The predicted octanol–water partition coefficient (Wildman–Crippen LogP) is 4.58. The second-order valence-corrected chi connectivity index (χ2v) is 6.59. The van der Waals surface area contributed by atoms with Crippen molar-refractivity contribution in [3.8, 4) is 0 Å². The van der Waals surface area contributed by atoms with Crippen molar-refractivity contribution in [1.82, 2.24) is 0 Å². The Morgan fingerprint density at radius 1 is 1.27 bits per heavy atom. The van der Waals surface area contributed by atoms with Gasteiger partial charge in [0.05, 0.1) is 0 Å². The first-order valence-corrected chi connectivity index (χ1v) is 6.30. The SMILES string of the molecule is CC(C)C1CC(C(C)(C)C)C2=C1C=CC2. The minimum absolute atomic E-state index is 0.441. The fourth-order valence-electron chi connectivity index (χ4n) is 3.27. The molecule has 2 unspecified atom stereocenters. The lowest BCUT2D eigenvalue weighted by Gasteiger charge is -2.30. The van der Waals surface area contributed by atoms with Gasteiger partial charge in [-0.2, -0.15) is 0 Å². The van der Waals surface area contributed by atoms with E-state index in [2.05, 4.69) is 46.8 Å². The van der Waals surface area contributed by atoms with Gasteiger partial charge in [-0.25, -0.2) is 0 Å². The van der Waals surface area contributed by atoms with Crippen molar-refractivity contribution < 1.29 is 0 Å². The summed E-state index contributed by atoms with van der Waals surface area (Å²) in [5.74, 6) is 2.43. The molecule has 0 aliphatic heterocycles. The van der Waals surface area contributed by atoms with Gasteiger partial charge in [-0.1, -0.05) is 52.3 Å². The highest BCUT2D eigenvalue weighted by atomic mass is 14.4. The number of rotatable bonds is 1. The minimum atomic E-state index is 0.441. The maximum absolute atomic E-state index is 2.39. The number of allylic oxidation sites excluding steroid dienone is 4. The smallest absolute Gasteiger partial charge is 0.0127 e. The summed E-state index contributed by atoms with van der Waals surface area (Å²) in [4.78, 5) is 0. The van der Waals surface area contributed by atoms with Gasteiger partial charge in [0.25, 0.3) is 0 Å². The molecular weight excluding hydrogens is 180 g/mol. The quantitative estimate of drug-likeness (QED) is 0.586. The molecule has 2 aliphatic carbocycles. The van der Waals surface area contributed by atoms with Crippen LogP contribution in [0.15, 0.2) is 23.3 Å². The summed E-state index contributed by atoms with van der Waals surface area (Å²) in [6.45, 7) is 11.9. The summed E-state index contributed by atoms with van der Waals surface area (Å²) in [6.07, 6.45) is 7.36. The molecule has 0 amide bonds. The molecular formula is C15H24. The largest absolute Gasteiger partial charge is 0.0802 e.